The van der Waals surface area contributed by atoms with Crippen LogP contribution < -0.4 is 11.1 Å². The number of rotatable bonds is 4. The summed E-state index contributed by atoms with van der Waals surface area (Å²) in [5.74, 6) is 0.620. The molecule has 29 heavy (non-hydrogen) atoms. The number of anilines is 2. The Morgan fingerprint density at radius 2 is 1.90 bits per heavy atom. The fourth-order valence-electron chi connectivity index (χ4n) is 3.17. The van der Waals surface area contributed by atoms with Crippen molar-refractivity contribution in [2.75, 3.05) is 11.1 Å². The van der Waals surface area contributed by atoms with Gasteiger partial charge in [-0.1, -0.05) is 48.0 Å². The predicted molar refractivity (Wildman–Crippen MR) is 119 cm³/mol. The fourth-order valence-corrected chi connectivity index (χ4v) is 3.38. The highest BCUT2D eigenvalue weighted by molar-refractivity contribution is 6.31. The Bertz CT molecular complexity index is 1260. The molecule has 0 aliphatic carbocycles. The van der Waals surface area contributed by atoms with Gasteiger partial charge in [-0.15, -0.1) is 10.2 Å². The second-order valence-electron chi connectivity index (χ2n) is 6.80. The maximum Gasteiger partial charge on any atom is 0.188 e. The topological polar surface area (TPSA) is 68.2 Å². The first-order chi connectivity index (χ1) is 14.0. The van der Waals surface area contributed by atoms with Gasteiger partial charge >= 0.3 is 0 Å². The van der Waals surface area contributed by atoms with Crippen LogP contribution in [0.15, 0.2) is 60.7 Å². The summed E-state index contributed by atoms with van der Waals surface area (Å²) in [4.78, 5) is 3.55. The van der Waals surface area contributed by atoms with Crippen LogP contribution in [0.4, 0.5) is 17.2 Å². The lowest BCUT2D eigenvalue weighted by atomic mass is 10.0. The summed E-state index contributed by atoms with van der Waals surface area (Å²) in [5.41, 5.74) is 10.8. The van der Waals surface area contributed by atoms with Crippen LogP contribution in [0.2, 0.25) is 5.02 Å². The van der Waals surface area contributed by atoms with Gasteiger partial charge in [0.1, 0.15) is 5.69 Å². The highest BCUT2D eigenvalue weighted by atomic mass is 35.5. The first-order valence-electron chi connectivity index (χ1n) is 9.08. The smallest absolute Gasteiger partial charge is 0.188 e. The average Bonchev–Trinajstić information content (AvgIpc) is 2.74. The van der Waals surface area contributed by atoms with Gasteiger partial charge < -0.3 is 11.1 Å². The Hall–Kier alpha value is -3.62. The van der Waals surface area contributed by atoms with Crippen molar-refractivity contribution >= 4 is 39.6 Å². The SMILES string of the molecule is [C-]#[N+]c1ccc2c(-c3cccc(N)c3)nnc(NCc3ccc(C)c(Cl)c3)c2c1. The molecule has 0 saturated heterocycles. The van der Waals surface area contributed by atoms with Crippen molar-refractivity contribution in [3.8, 4) is 11.3 Å². The maximum absolute atomic E-state index is 7.35. The van der Waals surface area contributed by atoms with E-state index >= 15 is 0 Å². The third kappa shape index (κ3) is 3.84. The highest BCUT2D eigenvalue weighted by Gasteiger charge is 2.12. The lowest BCUT2D eigenvalue weighted by Crippen LogP contribution is -2.04. The molecule has 4 aromatic rings. The number of hydrogen-bond acceptors (Lipinski definition) is 4. The summed E-state index contributed by atoms with van der Waals surface area (Å²) < 4.78 is 0. The molecule has 5 nitrogen and oxygen atoms in total. The number of fused-ring (bicyclic) bond motifs is 1. The maximum atomic E-state index is 7.35. The van der Waals surface area contributed by atoms with E-state index in [9.17, 15) is 0 Å². The third-order valence-electron chi connectivity index (χ3n) is 4.75. The highest BCUT2D eigenvalue weighted by Crippen LogP contribution is 2.33. The van der Waals surface area contributed by atoms with E-state index in [0.717, 1.165) is 38.2 Å². The first kappa shape index (κ1) is 18.7. The Balaban J connectivity index is 1.77. The number of benzene rings is 3. The zero-order valence-corrected chi connectivity index (χ0v) is 16.5. The van der Waals surface area contributed by atoms with Gasteiger partial charge in [0.05, 0.1) is 6.57 Å². The molecule has 0 atom stereocenters. The molecule has 142 valence electrons. The third-order valence-corrected chi connectivity index (χ3v) is 5.16. The van der Waals surface area contributed by atoms with E-state index in [0.29, 0.717) is 23.7 Å². The number of nitrogens with two attached hydrogens (primary N) is 1. The molecule has 1 heterocycles. The van der Waals surface area contributed by atoms with Crippen LogP contribution >= 0.6 is 11.6 Å². The zero-order chi connectivity index (χ0) is 20.4. The van der Waals surface area contributed by atoms with E-state index in [1.807, 2.05) is 61.5 Å². The van der Waals surface area contributed by atoms with E-state index in [1.54, 1.807) is 6.07 Å². The van der Waals surface area contributed by atoms with E-state index in [-0.39, 0.29) is 0 Å². The monoisotopic (exact) mass is 399 g/mol. The van der Waals surface area contributed by atoms with Crippen molar-refractivity contribution in [2.24, 2.45) is 0 Å². The molecule has 0 amide bonds. The van der Waals surface area contributed by atoms with Crippen molar-refractivity contribution in [3.05, 3.63) is 88.2 Å². The van der Waals surface area contributed by atoms with Gasteiger partial charge in [-0.3, -0.25) is 0 Å². The summed E-state index contributed by atoms with van der Waals surface area (Å²) >= 11 is 6.23. The number of aromatic nitrogens is 2. The first-order valence-corrected chi connectivity index (χ1v) is 9.45. The molecule has 6 heteroatoms. The molecule has 0 spiro atoms. The van der Waals surface area contributed by atoms with E-state index in [4.69, 9.17) is 23.9 Å². The molecule has 3 N–H and O–H groups in total. The summed E-state index contributed by atoms with van der Waals surface area (Å²) in [5, 5.41) is 14.7. The lowest BCUT2D eigenvalue weighted by molar-refractivity contribution is 1.02. The minimum absolute atomic E-state index is 0.545. The van der Waals surface area contributed by atoms with Crippen molar-refractivity contribution in [1.82, 2.24) is 10.2 Å². The molecule has 4 rings (SSSR count). The van der Waals surface area contributed by atoms with Crippen LogP contribution in [0, 0.1) is 13.5 Å². The number of aryl methyl sites for hydroxylation is 1. The van der Waals surface area contributed by atoms with E-state index in [1.165, 1.54) is 0 Å². The van der Waals surface area contributed by atoms with E-state index in [2.05, 4.69) is 20.4 Å². The number of halogens is 1. The molecular weight excluding hydrogens is 382 g/mol. The second kappa shape index (κ2) is 7.78. The molecule has 0 radical (unpaired) electrons. The molecule has 0 aliphatic heterocycles. The number of nitrogen functional groups attached to an aromatic ring is 1. The van der Waals surface area contributed by atoms with Crippen LogP contribution in [0.25, 0.3) is 26.9 Å². The van der Waals surface area contributed by atoms with Crippen LogP contribution in [-0.2, 0) is 6.54 Å². The quantitative estimate of drug-likeness (QED) is 0.326. The molecule has 0 aliphatic rings. The van der Waals surface area contributed by atoms with Crippen LogP contribution in [0.1, 0.15) is 11.1 Å². The van der Waals surface area contributed by atoms with Gasteiger partial charge in [0, 0.05) is 33.6 Å². The summed E-state index contributed by atoms with van der Waals surface area (Å²) in [6.07, 6.45) is 0. The summed E-state index contributed by atoms with van der Waals surface area (Å²) in [6.45, 7) is 9.87. The Kier molecular flexibility index (Phi) is 5.03. The largest absolute Gasteiger partial charge is 0.399 e. The molecule has 0 unspecified atom stereocenters. The fraction of sp³-hybridized carbons (Fsp3) is 0.0870. The minimum Gasteiger partial charge on any atom is -0.399 e. The normalized spacial score (nSPS) is 10.7. The van der Waals surface area contributed by atoms with Crippen LogP contribution in [0.3, 0.4) is 0 Å². The zero-order valence-electron chi connectivity index (χ0n) is 15.8. The van der Waals surface area contributed by atoms with Gasteiger partial charge in [0.25, 0.3) is 0 Å². The Morgan fingerprint density at radius 1 is 1.03 bits per heavy atom. The van der Waals surface area contributed by atoms with Crippen molar-refractivity contribution in [3.63, 3.8) is 0 Å². The van der Waals surface area contributed by atoms with Crippen LogP contribution in [0.5, 0.6) is 0 Å². The van der Waals surface area contributed by atoms with Crippen molar-refractivity contribution < 1.29 is 0 Å². The minimum atomic E-state index is 0.545. The second-order valence-corrected chi connectivity index (χ2v) is 7.21. The van der Waals surface area contributed by atoms with Crippen molar-refractivity contribution in [1.29, 1.82) is 0 Å². The van der Waals surface area contributed by atoms with Crippen LogP contribution in [-0.4, -0.2) is 10.2 Å². The van der Waals surface area contributed by atoms with Gasteiger partial charge in [-0.05, 0) is 42.3 Å². The van der Waals surface area contributed by atoms with Gasteiger partial charge in [-0.2, -0.15) is 0 Å². The van der Waals surface area contributed by atoms with Crippen molar-refractivity contribution in [2.45, 2.75) is 13.5 Å². The number of hydrogen-bond donors (Lipinski definition) is 2. The van der Waals surface area contributed by atoms with Gasteiger partial charge in [0.15, 0.2) is 11.5 Å². The molecule has 0 fully saturated rings. The molecule has 0 saturated carbocycles. The molecule has 1 aromatic heterocycles. The molecule has 3 aromatic carbocycles. The number of nitrogens with zero attached hydrogens (tertiary/aromatic N) is 3. The predicted octanol–water partition coefficient (Wildman–Crippen LogP) is 6.00. The average molecular weight is 400 g/mol. The lowest BCUT2D eigenvalue weighted by Gasteiger charge is -2.12. The Morgan fingerprint density at radius 3 is 2.66 bits per heavy atom. The molecular formula is C23H18ClN5. The van der Waals surface area contributed by atoms with Gasteiger partial charge in [-0.25, -0.2) is 4.85 Å². The summed E-state index contributed by atoms with van der Waals surface area (Å²) in [7, 11) is 0. The standard InChI is InChI=1S/C23H18ClN5/c1-14-6-7-15(10-21(14)24)13-27-23-20-12-18(26-2)8-9-19(20)22(28-29-23)16-4-3-5-17(25)11-16/h3-12H,13,25H2,1H3,(H,27,29). The van der Waals surface area contributed by atoms with Gasteiger partial charge in [0.2, 0.25) is 0 Å². The number of nitrogens with one attached hydrogen (secondary N) is 1. The summed E-state index contributed by atoms with van der Waals surface area (Å²) in [6, 6.07) is 19.0. The Labute approximate surface area is 174 Å². The molecule has 0 bridgehead atoms. The van der Waals surface area contributed by atoms with E-state index < -0.39 is 0 Å².